The largest absolute Gasteiger partial charge is 0.497 e. The molecule has 3 aromatic carbocycles. The summed E-state index contributed by atoms with van der Waals surface area (Å²) in [5.41, 5.74) is 4.24. The highest BCUT2D eigenvalue weighted by Gasteiger charge is 2.26. The summed E-state index contributed by atoms with van der Waals surface area (Å²) in [5, 5.41) is 1.06. The van der Waals surface area contributed by atoms with Gasteiger partial charge < -0.3 is 24.1 Å². The monoisotopic (exact) mass is 470 g/mol. The molecule has 6 nitrogen and oxygen atoms in total. The lowest BCUT2D eigenvalue weighted by Crippen LogP contribution is -2.41. The van der Waals surface area contributed by atoms with Crippen LogP contribution in [0.2, 0.25) is 0 Å². The number of aromatic amines is 1. The summed E-state index contributed by atoms with van der Waals surface area (Å²) >= 11 is 0. The maximum Gasteiger partial charge on any atom is 0.223 e. The molecule has 0 saturated carbocycles. The molecule has 6 heteroatoms. The third-order valence-corrected chi connectivity index (χ3v) is 6.55. The van der Waals surface area contributed by atoms with Crippen molar-refractivity contribution in [2.75, 3.05) is 33.4 Å². The summed E-state index contributed by atoms with van der Waals surface area (Å²) in [5.74, 6) is 1.57. The van der Waals surface area contributed by atoms with E-state index < -0.39 is 0 Å². The van der Waals surface area contributed by atoms with E-state index in [9.17, 15) is 4.79 Å². The van der Waals surface area contributed by atoms with Crippen LogP contribution in [-0.2, 0) is 16.1 Å². The van der Waals surface area contributed by atoms with E-state index in [1.165, 1.54) is 0 Å². The third kappa shape index (κ3) is 5.33. The van der Waals surface area contributed by atoms with Crippen LogP contribution in [0.3, 0.4) is 0 Å². The average molecular weight is 471 g/mol. The van der Waals surface area contributed by atoms with E-state index in [-0.39, 0.29) is 11.8 Å². The molecule has 5 rings (SSSR count). The third-order valence-electron chi connectivity index (χ3n) is 6.55. The number of hydrogen-bond acceptors (Lipinski definition) is 4. The van der Waals surface area contributed by atoms with Gasteiger partial charge in [0, 0.05) is 42.5 Å². The molecule has 0 aliphatic carbocycles. The summed E-state index contributed by atoms with van der Waals surface area (Å²) in [4.78, 5) is 18.6. The van der Waals surface area contributed by atoms with Crippen LogP contribution in [0, 0.1) is 0 Å². The van der Waals surface area contributed by atoms with Crippen LogP contribution in [-0.4, -0.2) is 49.2 Å². The molecule has 0 bridgehead atoms. The molecule has 0 spiro atoms. The molecule has 1 aliphatic rings. The highest BCUT2D eigenvalue weighted by molar-refractivity contribution is 5.87. The second kappa shape index (κ2) is 10.7. The number of carbonyl (C=O) groups is 1. The van der Waals surface area contributed by atoms with Crippen molar-refractivity contribution in [3.63, 3.8) is 0 Å². The first-order valence-corrected chi connectivity index (χ1v) is 12.0. The van der Waals surface area contributed by atoms with Crippen molar-refractivity contribution >= 4 is 16.8 Å². The van der Waals surface area contributed by atoms with Crippen LogP contribution in [0.15, 0.2) is 79.0 Å². The molecule has 35 heavy (non-hydrogen) atoms. The Morgan fingerprint density at radius 3 is 2.63 bits per heavy atom. The second-order valence-electron chi connectivity index (χ2n) is 8.75. The Hall–Kier alpha value is -3.77. The van der Waals surface area contributed by atoms with E-state index in [2.05, 4.69) is 17.1 Å². The second-order valence-corrected chi connectivity index (χ2v) is 8.75. The van der Waals surface area contributed by atoms with Crippen molar-refractivity contribution < 1.29 is 19.0 Å². The Morgan fingerprint density at radius 1 is 1.00 bits per heavy atom. The molecule has 1 fully saturated rings. The minimum absolute atomic E-state index is 0.131. The highest BCUT2D eigenvalue weighted by atomic mass is 16.5. The summed E-state index contributed by atoms with van der Waals surface area (Å²) in [7, 11) is 1.67. The summed E-state index contributed by atoms with van der Waals surface area (Å²) in [6.07, 6.45) is 2.38. The molecule has 0 unspecified atom stereocenters. The van der Waals surface area contributed by atoms with Crippen LogP contribution in [0.1, 0.15) is 29.0 Å². The molecule has 1 aliphatic heterocycles. The standard InChI is InChI=1S/C29H30N2O4/c1-33-23-10-11-28-26(17-23)27(19-30-28)25(18-29(32)31-12-14-34-15-13-31)22-8-5-9-24(16-22)35-20-21-6-3-2-4-7-21/h2-11,16-17,19,25,30H,12-15,18,20H2,1H3/t25-/m0/s1. The first kappa shape index (κ1) is 23.0. The van der Waals surface area contributed by atoms with Gasteiger partial charge in [0.05, 0.1) is 20.3 Å². The fourth-order valence-electron chi connectivity index (χ4n) is 4.62. The molecule has 1 N–H and O–H groups in total. The zero-order valence-electron chi connectivity index (χ0n) is 19.9. The lowest BCUT2D eigenvalue weighted by atomic mass is 9.87. The fourth-order valence-corrected chi connectivity index (χ4v) is 4.62. The van der Waals surface area contributed by atoms with E-state index in [4.69, 9.17) is 14.2 Å². The van der Waals surface area contributed by atoms with Crippen molar-refractivity contribution in [2.24, 2.45) is 0 Å². The normalized spacial score (nSPS) is 14.6. The number of nitrogens with one attached hydrogen (secondary N) is 1. The van der Waals surface area contributed by atoms with Gasteiger partial charge >= 0.3 is 0 Å². The van der Waals surface area contributed by atoms with Crippen LogP contribution in [0.4, 0.5) is 0 Å². The van der Waals surface area contributed by atoms with Crippen molar-refractivity contribution in [3.8, 4) is 11.5 Å². The molecule has 1 aromatic heterocycles. The Bertz CT molecular complexity index is 1280. The fraction of sp³-hybridized carbons (Fsp3) is 0.276. The summed E-state index contributed by atoms with van der Waals surface area (Å²) in [6.45, 7) is 2.93. The van der Waals surface area contributed by atoms with Gasteiger partial charge in [0.1, 0.15) is 18.1 Å². The minimum atomic E-state index is -0.133. The predicted octanol–water partition coefficient (Wildman–Crippen LogP) is 5.14. The molecular formula is C29H30N2O4. The molecule has 0 radical (unpaired) electrons. The van der Waals surface area contributed by atoms with Gasteiger partial charge in [-0.1, -0.05) is 42.5 Å². The van der Waals surface area contributed by atoms with Crippen molar-refractivity contribution in [1.82, 2.24) is 9.88 Å². The van der Waals surface area contributed by atoms with Crippen LogP contribution < -0.4 is 9.47 Å². The van der Waals surface area contributed by atoms with E-state index in [1.54, 1.807) is 7.11 Å². The maximum atomic E-state index is 13.3. The van der Waals surface area contributed by atoms with Crippen LogP contribution >= 0.6 is 0 Å². The minimum Gasteiger partial charge on any atom is -0.497 e. The molecule has 4 aromatic rings. The number of fused-ring (bicyclic) bond motifs is 1. The molecule has 1 amide bonds. The first-order valence-electron chi connectivity index (χ1n) is 12.0. The van der Waals surface area contributed by atoms with Gasteiger partial charge in [-0.2, -0.15) is 0 Å². The Balaban J connectivity index is 1.47. The number of amides is 1. The van der Waals surface area contributed by atoms with Crippen LogP contribution in [0.5, 0.6) is 11.5 Å². The van der Waals surface area contributed by atoms with Gasteiger partial charge in [-0.15, -0.1) is 0 Å². The molecule has 2 heterocycles. The van der Waals surface area contributed by atoms with E-state index in [0.29, 0.717) is 39.3 Å². The maximum absolute atomic E-state index is 13.3. The summed E-state index contributed by atoms with van der Waals surface area (Å²) < 4.78 is 17.0. The smallest absolute Gasteiger partial charge is 0.223 e. The van der Waals surface area contributed by atoms with Gasteiger partial charge in [-0.05, 0) is 47.0 Å². The SMILES string of the molecule is COc1ccc2[nH]cc([C@@H](CC(=O)N3CCOCC3)c3cccc(OCc4ccccc4)c3)c2c1. The topological polar surface area (TPSA) is 63.8 Å². The lowest BCUT2D eigenvalue weighted by Gasteiger charge is -2.29. The Kier molecular flexibility index (Phi) is 7.00. The van der Waals surface area contributed by atoms with E-state index in [0.717, 1.165) is 39.1 Å². The van der Waals surface area contributed by atoms with Crippen LogP contribution in [0.25, 0.3) is 10.9 Å². The number of H-pyrrole nitrogens is 1. The number of rotatable bonds is 8. The number of nitrogens with zero attached hydrogens (tertiary/aromatic N) is 1. The predicted molar refractivity (Wildman–Crippen MR) is 136 cm³/mol. The van der Waals surface area contributed by atoms with Gasteiger partial charge in [0.15, 0.2) is 0 Å². The van der Waals surface area contributed by atoms with Gasteiger partial charge in [-0.3, -0.25) is 4.79 Å². The quantitative estimate of drug-likeness (QED) is 0.388. The number of methoxy groups -OCH3 is 1. The van der Waals surface area contributed by atoms with Crippen molar-refractivity contribution in [3.05, 3.63) is 95.7 Å². The zero-order chi connectivity index (χ0) is 24.0. The Labute approximate surface area is 205 Å². The van der Waals surface area contributed by atoms with Gasteiger partial charge in [-0.25, -0.2) is 0 Å². The van der Waals surface area contributed by atoms with Gasteiger partial charge in [0.25, 0.3) is 0 Å². The van der Waals surface area contributed by atoms with Crippen molar-refractivity contribution in [1.29, 1.82) is 0 Å². The lowest BCUT2D eigenvalue weighted by molar-refractivity contribution is -0.135. The molecular weight excluding hydrogens is 440 g/mol. The van der Waals surface area contributed by atoms with Crippen molar-refractivity contribution in [2.45, 2.75) is 18.9 Å². The number of morpholine rings is 1. The van der Waals surface area contributed by atoms with E-state index in [1.807, 2.05) is 71.8 Å². The number of ether oxygens (including phenoxy) is 3. The van der Waals surface area contributed by atoms with Gasteiger partial charge in [0.2, 0.25) is 5.91 Å². The average Bonchev–Trinajstić information content (AvgIpc) is 3.34. The molecule has 1 atom stereocenters. The Morgan fingerprint density at radius 2 is 1.83 bits per heavy atom. The number of benzene rings is 3. The zero-order valence-corrected chi connectivity index (χ0v) is 19.9. The highest BCUT2D eigenvalue weighted by Crippen LogP contribution is 2.36. The number of carbonyl (C=O) groups excluding carboxylic acids is 1. The number of aromatic nitrogens is 1. The number of hydrogen-bond donors (Lipinski definition) is 1. The van der Waals surface area contributed by atoms with E-state index >= 15 is 0 Å². The molecule has 180 valence electrons. The summed E-state index contributed by atoms with van der Waals surface area (Å²) in [6, 6.07) is 24.2. The first-order chi connectivity index (χ1) is 17.2. The molecule has 1 saturated heterocycles.